The van der Waals surface area contributed by atoms with Gasteiger partial charge in [0.15, 0.2) is 5.65 Å². The zero-order valence-corrected chi connectivity index (χ0v) is 16.4. The molecule has 0 spiro atoms. The second-order valence-corrected chi connectivity index (χ2v) is 8.56. The zero-order chi connectivity index (χ0) is 19.1. The fourth-order valence-electron chi connectivity index (χ4n) is 3.46. The first kappa shape index (κ1) is 17.4. The standard InChI is InChI=1S/C20H21N7S/c1-20(21)7-11-26(12-8-20)17-13-22-19-14(24-17)4-5-18(25-19)28-16-3-2-10-27-15(16)6-9-23-27/h2-6,9-10,13H,7-8,11-12,21H2,1H3. The van der Waals surface area contributed by atoms with Crippen molar-refractivity contribution in [2.75, 3.05) is 18.0 Å². The number of anilines is 1. The smallest absolute Gasteiger partial charge is 0.179 e. The van der Waals surface area contributed by atoms with Crippen molar-refractivity contribution in [3.05, 3.63) is 48.9 Å². The summed E-state index contributed by atoms with van der Waals surface area (Å²) in [4.78, 5) is 17.4. The van der Waals surface area contributed by atoms with Crippen LogP contribution in [0.5, 0.6) is 0 Å². The maximum absolute atomic E-state index is 6.24. The Kier molecular flexibility index (Phi) is 4.17. The van der Waals surface area contributed by atoms with Crippen LogP contribution in [0.3, 0.4) is 0 Å². The minimum Gasteiger partial charge on any atom is -0.355 e. The lowest BCUT2D eigenvalue weighted by Gasteiger charge is -2.37. The van der Waals surface area contributed by atoms with Crippen LogP contribution >= 0.6 is 11.8 Å². The average Bonchev–Trinajstić information content (AvgIpc) is 3.18. The Bertz CT molecular complexity index is 1140. The molecule has 0 aliphatic carbocycles. The third-order valence-electron chi connectivity index (χ3n) is 5.21. The van der Waals surface area contributed by atoms with E-state index in [4.69, 9.17) is 15.7 Å². The van der Waals surface area contributed by atoms with Gasteiger partial charge in [0, 0.05) is 29.7 Å². The molecule has 0 aromatic carbocycles. The molecular formula is C20H21N7S. The normalized spacial score (nSPS) is 16.7. The van der Waals surface area contributed by atoms with Crippen LogP contribution in [0.1, 0.15) is 19.8 Å². The largest absolute Gasteiger partial charge is 0.355 e. The zero-order valence-electron chi connectivity index (χ0n) is 15.6. The number of pyridine rings is 2. The topological polar surface area (TPSA) is 85.2 Å². The third kappa shape index (κ3) is 3.29. The Balaban J connectivity index is 1.40. The highest BCUT2D eigenvalue weighted by Crippen LogP contribution is 2.30. The second-order valence-electron chi connectivity index (χ2n) is 7.50. The van der Waals surface area contributed by atoms with Crippen molar-refractivity contribution >= 4 is 34.3 Å². The molecule has 1 aliphatic heterocycles. The van der Waals surface area contributed by atoms with E-state index >= 15 is 0 Å². The number of hydrogen-bond acceptors (Lipinski definition) is 7. The molecule has 0 amide bonds. The number of fused-ring (bicyclic) bond motifs is 2. The Morgan fingerprint density at radius 1 is 1.11 bits per heavy atom. The van der Waals surface area contributed by atoms with Gasteiger partial charge in [-0.25, -0.2) is 19.5 Å². The van der Waals surface area contributed by atoms with E-state index in [1.807, 2.05) is 41.2 Å². The Morgan fingerprint density at radius 2 is 1.96 bits per heavy atom. The molecule has 7 nitrogen and oxygen atoms in total. The van der Waals surface area contributed by atoms with Gasteiger partial charge < -0.3 is 10.6 Å². The van der Waals surface area contributed by atoms with E-state index < -0.39 is 0 Å². The minimum absolute atomic E-state index is 0.0766. The summed E-state index contributed by atoms with van der Waals surface area (Å²) < 4.78 is 1.86. The van der Waals surface area contributed by atoms with Gasteiger partial charge in [-0.05, 0) is 50.1 Å². The number of piperidine rings is 1. The highest BCUT2D eigenvalue weighted by atomic mass is 32.2. The molecule has 1 aliphatic rings. The SMILES string of the molecule is CC1(N)CCN(c2cnc3nc(Sc4cccn5nccc45)ccc3n2)CC1. The molecule has 4 aromatic heterocycles. The van der Waals surface area contributed by atoms with Gasteiger partial charge in [0.05, 0.1) is 17.9 Å². The maximum atomic E-state index is 6.24. The molecular weight excluding hydrogens is 370 g/mol. The monoisotopic (exact) mass is 391 g/mol. The Hall–Kier alpha value is -2.71. The average molecular weight is 392 g/mol. The summed E-state index contributed by atoms with van der Waals surface area (Å²) in [7, 11) is 0. The van der Waals surface area contributed by atoms with Crippen LogP contribution in [-0.2, 0) is 0 Å². The van der Waals surface area contributed by atoms with Crippen molar-refractivity contribution < 1.29 is 0 Å². The first-order chi connectivity index (χ1) is 13.6. The van der Waals surface area contributed by atoms with Crippen LogP contribution in [0, 0.1) is 0 Å². The van der Waals surface area contributed by atoms with Crippen molar-refractivity contribution in [3.63, 3.8) is 0 Å². The Labute approximate surface area is 167 Å². The third-order valence-corrected chi connectivity index (χ3v) is 6.21. The van der Waals surface area contributed by atoms with Gasteiger partial charge in [0.2, 0.25) is 0 Å². The van der Waals surface area contributed by atoms with Crippen LogP contribution in [-0.4, -0.2) is 43.2 Å². The summed E-state index contributed by atoms with van der Waals surface area (Å²) in [5, 5.41) is 5.17. The molecule has 2 N–H and O–H groups in total. The molecule has 1 fully saturated rings. The molecule has 0 saturated carbocycles. The molecule has 5 rings (SSSR count). The number of nitrogens with zero attached hydrogens (tertiary/aromatic N) is 6. The van der Waals surface area contributed by atoms with E-state index in [2.05, 4.69) is 28.0 Å². The number of rotatable bonds is 3. The summed E-state index contributed by atoms with van der Waals surface area (Å²) in [5.41, 5.74) is 8.69. The number of aromatic nitrogens is 5. The molecule has 0 unspecified atom stereocenters. The summed E-state index contributed by atoms with van der Waals surface area (Å²) in [5.74, 6) is 0.897. The van der Waals surface area contributed by atoms with Crippen molar-refractivity contribution in [3.8, 4) is 0 Å². The van der Waals surface area contributed by atoms with Crippen molar-refractivity contribution in [1.82, 2.24) is 24.6 Å². The van der Waals surface area contributed by atoms with Crippen LogP contribution in [0.2, 0.25) is 0 Å². The molecule has 0 bridgehead atoms. The highest BCUT2D eigenvalue weighted by Gasteiger charge is 2.26. The fraction of sp³-hybridized carbons (Fsp3) is 0.300. The summed E-state index contributed by atoms with van der Waals surface area (Å²) >= 11 is 1.60. The molecule has 4 aromatic rings. The predicted octanol–water partition coefficient (Wildman–Crippen LogP) is 3.14. The molecule has 28 heavy (non-hydrogen) atoms. The minimum atomic E-state index is -0.0766. The van der Waals surface area contributed by atoms with Crippen molar-refractivity contribution in [2.45, 2.75) is 35.2 Å². The van der Waals surface area contributed by atoms with Gasteiger partial charge in [-0.15, -0.1) is 0 Å². The lowest BCUT2D eigenvalue weighted by molar-refractivity contribution is 0.363. The number of nitrogens with two attached hydrogens (primary N) is 1. The second kappa shape index (κ2) is 6.72. The van der Waals surface area contributed by atoms with E-state index in [0.29, 0.717) is 5.65 Å². The molecule has 0 atom stereocenters. The Morgan fingerprint density at radius 3 is 2.82 bits per heavy atom. The maximum Gasteiger partial charge on any atom is 0.179 e. The van der Waals surface area contributed by atoms with E-state index in [1.165, 1.54) is 0 Å². The first-order valence-corrected chi connectivity index (χ1v) is 10.2. The molecule has 142 valence electrons. The predicted molar refractivity (Wildman–Crippen MR) is 111 cm³/mol. The van der Waals surface area contributed by atoms with Gasteiger partial charge in [-0.2, -0.15) is 5.10 Å². The fourth-order valence-corrected chi connectivity index (χ4v) is 4.36. The molecule has 5 heterocycles. The van der Waals surface area contributed by atoms with E-state index in [9.17, 15) is 0 Å². The number of hydrogen-bond donors (Lipinski definition) is 1. The van der Waals surface area contributed by atoms with Crippen LogP contribution in [0.25, 0.3) is 16.7 Å². The van der Waals surface area contributed by atoms with Gasteiger partial charge >= 0.3 is 0 Å². The van der Waals surface area contributed by atoms with Crippen LogP contribution in [0.4, 0.5) is 5.82 Å². The van der Waals surface area contributed by atoms with E-state index in [1.54, 1.807) is 18.0 Å². The van der Waals surface area contributed by atoms with E-state index in [0.717, 1.165) is 52.7 Å². The van der Waals surface area contributed by atoms with Crippen LogP contribution in [0.15, 0.2) is 58.8 Å². The molecule has 8 heteroatoms. The van der Waals surface area contributed by atoms with Crippen molar-refractivity contribution in [1.29, 1.82) is 0 Å². The summed E-state index contributed by atoms with van der Waals surface area (Å²) in [6.07, 6.45) is 7.48. The van der Waals surface area contributed by atoms with Gasteiger partial charge in [0.25, 0.3) is 0 Å². The summed E-state index contributed by atoms with van der Waals surface area (Å²) in [6, 6.07) is 10.1. The van der Waals surface area contributed by atoms with Gasteiger partial charge in [0.1, 0.15) is 16.4 Å². The summed E-state index contributed by atoms with van der Waals surface area (Å²) in [6.45, 7) is 3.93. The molecule has 1 saturated heterocycles. The van der Waals surface area contributed by atoms with Gasteiger partial charge in [-0.1, -0.05) is 11.8 Å². The van der Waals surface area contributed by atoms with Gasteiger partial charge in [-0.3, -0.25) is 0 Å². The quantitative estimate of drug-likeness (QED) is 0.574. The van der Waals surface area contributed by atoms with Crippen LogP contribution < -0.4 is 10.6 Å². The van der Waals surface area contributed by atoms with E-state index in [-0.39, 0.29) is 5.54 Å². The first-order valence-electron chi connectivity index (χ1n) is 9.35. The lowest BCUT2D eigenvalue weighted by atomic mass is 9.91. The highest BCUT2D eigenvalue weighted by molar-refractivity contribution is 7.99. The van der Waals surface area contributed by atoms with Crippen molar-refractivity contribution in [2.24, 2.45) is 5.73 Å². The molecule has 0 radical (unpaired) electrons. The lowest BCUT2D eigenvalue weighted by Crippen LogP contribution is -2.48.